The van der Waals surface area contributed by atoms with E-state index in [2.05, 4.69) is 39.8 Å². The lowest BCUT2D eigenvalue weighted by molar-refractivity contribution is -0.0831. The van der Waals surface area contributed by atoms with Crippen LogP contribution in [-0.2, 0) is 6.54 Å². The Kier molecular flexibility index (Phi) is 3.15. The minimum atomic E-state index is -0.0663. The quantitative estimate of drug-likeness (QED) is 0.700. The van der Waals surface area contributed by atoms with Gasteiger partial charge in [0.05, 0.1) is 19.2 Å². The Balaban J connectivity index is 1.41. The van der Waals surface area contributed by atoms with E-state index in [1.54, 1.807) is 7.11 Å². The summed E-state index contributed by atoms with van der Waals surface area (Å²) in [6.07, 6.45) is 2.50. The highest BCUT2D eigenvalue weighted by molar-refractivity contribution is 5.93. The van der Waals surface area contributed by atoms with Crippen LogP contribution in [0.5, 0.6) is 11.8 Å². The molecule has 1 atom stereocenters. The third kappa shape index (κ3) is 2.18. The van der Waals surface area contributed by atoms with Gasteiger partial charge in [0.25, 0.3) is 6.01 Å². The van der Waals surface area contributed by atoms with E-state index in [1.807, 2.05) is 12.1 Å². The van der Waals surface area contributed by atoms with Crippen LogP contribution < -0.4 is 9.47 Å². The number of hydrogen-bond donors (Lipinski definition) is 0. The Bertz CT molecular complexity index is 1020. The van der Waals surface area contributed by atoms with Crippen LogP contribution in [0.25, 0.3) is 22.2 Å². The number of piperidine rings is 3. The van der Waals surface area contributed by atoms with Crippen LogP contribution in [0.3, 0.4) is 0 Å². The molecule has 5 nitrogen and oxygen atoms in total. The summed E-state index contributed by atoms with van der Waals surface area (Å²) in [7, 11) is 1.69. The van der Waals surface area contributed by atoms with Crippen molar-refractivity contribution in [1.82, 2.24) is 14.5 Å². The largest absolute Gasteiger partial charge is 0.497 e. The van der Waals surface area contributed by atoms with E-state index in [-0.39, 0.29) is 5.60 Å². The van der Waals surface area contributed by atoms with Gasteiger partial charge < -0.3 is 9.47 Å². The molecule has 0 saturated carbocycles. The van der Waals surface area contributed by atoms with Crippen molar-refractivity contribution in [3.63, 3.8) is 0 Å². The Morgan fingerprint density at radius 2 is 1.89 bits per heavy atom. The van der Waals surface area contributed by atoms with Crippen LogP contribution in [0.2, 0.25) is 0 Å². The molecule has 138 valence electrons. The molecule has 3 aromatic rings. The molecule has 0 amide bonds. The molecule has 0 unspecified atom stereocenters. The van der Waals surface area contributed by atoms with E-state index >= 15 is 0 Å². The van der Waals surface area contributed by atoms with Crippen molar-refractivity contribution < 1.29 is 9.47 Å². The van der Waals surface area contributed by atoms with Crippen LogP contribution in [0.15, 0.2) is 42.5 Å². The van der Waals surface area contributed by atoms with Gasteiger partial charge in [0.1, 0.15) is 16.9 Å². The second-order valence-corrected chi connectivity index (χ2v) is 8.10. The Morgan fingerprint density at radius 3 is 2.59 bits per heavy atom. The van der Waals surface area contributed by atoms with Gasteiger partial charge in [0.15, 0.2) is 0 Å². The number of imidazole rings is 1. The first-order chi connectivity index (χ1) is 13.3. The second kappa shape index (κ2) is 5.49. The first-order valence-electron chi connectivity index (χ1n) is 9.81. The first kappa shape index (κ1) is 15.5. The third-order valence-electron chi connectivity index (χ3n) is 6.69. The number of nitrogens with zero attached hydrogens (tertiary/aromatic N) is 3. The van der Waals surface area contributed by atoms with E-state index in [0.29, 0.717) is 5.92 Å². The molecule has 5 heteroatoms. The van der Waals surface area contributed by atoms with Crippen LogP contribution in [0.1, 0.15) is 12.8 Å². The maximum Gasteiger partial charge on any atom is 0.298 e. The number of rotatable bonds is 2. The standard InChI is InChI=1S/C22H23N3O2/c1-26-17-7-5-15(6-8-17)18-3-2-4-19-20(18)23-21-25(19)14-22(27-21)13-24-11-9-16(22)10-12-24/h2-8,16H,9-14H2,1H3/t22-/m0/s1. The first-order valence-corrected chi connectivity index (χ1v) is 9.81. The topological polar surface area (TPSA) is 39.5 Å². The number of fused-ring (bicyclic) bond motifs is 5. The number of para-hydroxylation sites is 1. The number of hydrogen-bond acceptors (Lipinski definition) is 4. The molecule has 0 aliphatic carbocycles. The van der Waals surface area contributed by atoms with Gasteiger partial charge in [-0.25, -0.2) is 0 Å². The molecule has 1 spiro atoms. The van der Waals surface area contributed by atoms with Gasteiger partial charge in [0.2, 0.25) is 0 Å². The maximum atomic E-state index is 6.57. The zero-order valence-corrected chi connectivity index (χ0v) is 15.5. The lowest BCUT2D eigenvalue weighted by atomic mass is 9.75. The SMILES string of the molecule is COc1ccc(-c2cccc3c2nc2n3C[C@]3(CN4CCC3CC4)O2)cc1. The molecular formula is C22H23N3O2. The number of benzene rings is 2. The van der Waals surface area contributed by atoms with Crippen LogP contribution in [-0.4, -0.2) is 46.8 Å². The summed E-state index contributed by atoms with van der Waals surface area (Å²) < 4.78 is 14.2. The highest BCUT2D eigenvalue weighted by Gasteiger charge is 2.53. The molecule has 1 aromatic heterocycles. The fourth-order valence-corrected chi connectivity index (χ4v) is 5.26. The smallest absolute Gasteiger partial charge is 0.298 e. The summed E-state index contributed by atoms with van der Waals surface area (Å²) in [5, 5.41) is 0. The van der Waals surface area contributed by atoms with Crippen molar-refractivity contribution in [3.05, 3.63) is 42.5 Å². The molecule has 4 aliphatic heterocycles. The van der Waals surface area contributed by atoms with Crippen molar-refractivity contribution in [2.75, 3.05) is 26.7 Å². The molecule has 5 heterocycles. The Morgan fingerprint density at radius 1 is 1.07 bits per heavy atom. The van der Waals surface area contributed by atoms with Crippen LogP contribution >= 0.6 is 0 Å². The molecule has 0 radical (unpaired) electrons. The molecule has 7 rings (SSSR count). The summed E-state index contributed by atoms with van der Waals surface area (Å²) in [5.41, 5.74) is 4.42. The van der Waals surface area contributed by atoms with Gasteiger partial charge in [-0.05, 0) is 49.7 Å². The van der Waals surface area contributed by atoms with Crippen molar-refractivity contribution >= 4 is 11.0 Å². The minimum Gasteiger partial charge on any atom is -0.497 e. The summed E-state index contributed by atoms with van der Waals surface area (Å²) >= 11 is 0. The van der Waals surface area contributed by atoms with E-state index in [4.69, 9.17) is 14.5 Å². The molecule has 27 heavy (non-hydrogen) atoms. The lowest BCUT2D eigenvalue weighted by Crippen LogP contribution is -2.61. The van der Waals surface area contributed by atoms with Crippen LogP contribution in [0, 0.1) is 5.92 Å². The van der Waals surface area contributed by atoms with Gasteiger partial charge >= 0.3 is 0 Å². The summed E-state index contributed by atoms with van der Waals surface area (Å²) in [6.45, 7) is 4.41. The fourth-order valence-electron chi connectivity index (χ4n) is 5.26. The van der Waals surface area contributed by atoms with Gasteiger partial charge in [-0.1, -0.05) is 24.3 Å². The van der Waals surface area contributed by atoms with Gasteiger partial charge in [0, 0.05) is 18.0 Å². The van der Waals surface area contributed by atoms with Gasteiger partial charge in [-0.15, -0.1) is 0 Å². The molecule has 3 fully saturated rings. The molecule has 4 aliphatic rings. The lowest BCUT2D eigenvalue weighted by Gasteiger charge is -2.50. The molecular weight excluding hydrogens is 338 g/mol. The van der Waals surface area contributed by atoms with Crippen molar-refractivity contribution in [2.24, 2.45) is 5.92 Å². The van der Waals surface area contributed by atoms with E-state index in [1.165, 1.54) is 31.4 Å². The fraction of sp³-hybridized carbons (Fsp3) is 0.409. The molecule has 2 aromatic carbocycles. The zero-order chi connectivity index (χ0) is 18.0. The molecule has 0 N–H and O–H groups in total. The number of ether oxygens (including phenoxy) is 2. The highest BCUT2D eigenvalue weighted by Crippen LogP contribution is 2.45. The summed E-state index contributed by atoms with van der Waals surface area (Å²) in [6, 6.07) is 15.4. The minimum absolute atomic E-state index is 0.0663. The average molecular weight is 361 g/mol. The third-order valence-corrected chi connectivity index (χ3v) is 6.69. The van der Waals surface area contributed by atoms with Crippen molar-refractivity contribution in [3.8, 4) is 22.9 Å². The van der Waals surface area contributed by atoms with Gasteiger partial charge in [-0.3, -0.25) is 9.47 Å². The highest BCUT2D eigenvalue weighted by atomic mass is 16.5. The maximum absolute atomic E-state index is 6.57. The van der Waals surface area contributed by atoms with E-state index < -0.39 is 0 Å². The molecule has 2 bridgehead atoms. The van der Waals surface area contributed by atoms with E-state index in [0.717, 1.165) is 41.5 Å². The Labute approximate surface area is 158 Å². The monoisotopic (exact) mass is 361 g/mol. The molecule has 3 saturated heterocycles. The van der Waals surface area contributed by atoms with Crippen LogP contribution in [0.4, 0.5) is 0 Å². The zero-order valence-electron chi connectivity index (χ0n) is 15.5. The summed E-state index contributed by atoms with van der Waals surface area (Å²) in [5.74, 6) is 1.52. The average Bonchev–Trinajstić information content (AvgIpc) is 3.23. The summed E-state index contributed by atoms with van der Waals surface area (Å²) in [4.78, 5) is 7.49. The number of methoxy groups -OCH3 is 1. The second-order valence-electron chi connectivity index (χ2n) is 8.10. The predicted octanol–water partition coefficient (Wildman–Crippen LogP) is 3.57. The van der Waals surface area contributed by atoms with Gasteiger partial charge in [-0.2, -0.15) is 4.98 Å². The predicted molar refractivity (Wildman–Crippen MR) is 104 cm³/mol. The van der Waals surface area contributed by atoms with Crippen molar-refractivity contribution in [2.45, 2.75) is 25.0 Å². The van der Waals surface area contributed by atoms with E-state index in [9.17, 15) is 0 Å². The number of aromatic nitrogens is 2. The normalized spacial score (nSPS) is 28.5. The Hall–Kier alpha value is -2.53. The van der Waals surface area contributed by atoms with Crippen molar-refractivity contribution in [1.29, 1.82) is 0 Å².